The number of halogens is 1. The van der Waals surface area contributed by atoms with Crippen molar-refractivity contribution in [1.29, 1.82) is 5.26 Å². The fraction of sp³-hybridized carbons (Fsp3) is 0.0800. The lowest BCUT2D eigenvalue weighted by atomic mass is 10.1. The molecule has 3 rings (SSSR count). The molecule has 3 aromatic rings. The number of non-ortho nitro benzene ring substituents is 1. The molecule has 0 spiro atoms. The van der Waals surface area contributed by atoms with Crippen LogP contribution in [0.5, 0.6) is 5.75 Å². The van der Waals surface area contributed by atoms with Crippen LogP contribution in [0.2, 0.25) is 0 Å². The number of amides is 1. The molecule has 9 nitrogen and oxygen atoms in total. The molecule has 0 aromatic heterocycles. The van der Waals surface area contributed by atoms with E-state index >= 15 is 0 Å². The van der Waals surface area contributed by atoms with Crippen LogP contribution in [0, 0.1) is 21.4 Å². The summed E-state index contributed by atoms with van der Waals surface area (Å²) in [5, 5.41) is 23.0. The normalized spacial score (nSPS) is 10.7. The van der Waals surface area contributed by atoms with Gasteiger partial charge in [-0.25, -0.2) is 4.79 Å². The number of hydrogen-bond donors (Lipinski definition) is 1. The fourth-order valence-corrected chi connectivity index (χ4v) is 3.48. The highest BCUT2D eigenvalue weighted by Gasteiger charge is 2.12. The molecular formula is C25H18BrN3O6. The van der Waals surface area contributed by atoms with E-state index in [2.05, 4.69) is 26.0 Å². The van der Waals surface area contributed by atoms with Crippen LogP contribution in [0.3, 0.4) is 0 Å². The third kappa shape index (κ3) is 6.75. The summed E-state index contributed by atoms with van der Waals surface area (Å²) in [5.74, 6) is -0.619. The number of esters is 1. The first-order chi connectivity index (χ1) is 16.8. The summed E-state index contributed by atoms with van der Waals surface area (Å²) in [6.45, 7) is 0.121. The van der Waals surface area contributed by atoms with Gasteiger partial charge < -0.3 is 14.8 Å². The van der Waals surface area contributed by atoms with Gasteiger partial charge >= 0.3 is 5.97 Å². The number of hydrogen-bond acceptors (Lipinski definition) is 7. The number of benzene rings is 3. The monoisotopic (exact) mass is 535 g/mol. The Morgan fingerprint density at radius 2 is 1.89 bits per heavy atom. The molecule has 0 aliphatic rings. The van der Waals surface area contributed by atoms with Crippen LogP contribution in [0.15, 0.2) is 76.8 Å². The zero-order valence-corrected chi connectivity index (χ0v) is 19.9. The summed E-state index contributed by atoms with van der Waals surface area (Å²) in [5.41, 5.74) is 1.81. The molecule has 3 aromatic carbocycles. The van der Waals surface area contributed by atoms with E-state index in [0.29, 0.717) is 32.6 Å². The predicted molar refractivity (Wildman–Crippen MR) is 132 cm³/mol. The van der Waals surface area contributed by atoms with Crippen LogP contribution in [0.25, 0.3) is 6.08 Å². The van der Waals surface area contributed by atoms with Gasteiger partial charge in [-0.15, -0.1) is 0 Å². The van der Waals surface area contributed by atoms with Crippen LogP contribution in [-0.2, 0) is 16.1 Å². The molecule has 1 N–H and O–H groups in total. The zero-order valence-electron chi connectivity index (χ0n) is 18.4. The summed E-state index contributed by atoms with van der Waals surface area (Å²) in [6, 6.07) is 19.1. The Morgan fingerprint density at radius 1 is 1.14 bits per heavy atom. The molecule has 0 saturated carbocycles. The largest absolute Gasteiger partial charge is 0.488 e. The first-order valence-electron chi connectivity index (χ1n) is 10.1. The molecule has 0 unspecified atom stereocenters. The Bertz CT molecular complexity index is 1350. The molecule has 0 bridgehead atoms. The van der Waals surface area contributed by atoms with E-state index in [1.54, 1.807) is 30.3 Å². The van der Waals surface area contributed by atoms with Crippen molar-refractivity contribution in [2.45, 2.75) is 6.61 Å². The highest BCUT2D eigenvalue weighted by atomic mass is 79.9. The van der Waals surface area contributed by atoms with E-state index in [4.69, 9.17) is 4.74 Å². The number of carbonyl (C=O) groups is 2. The number of nitro groups is 1. The summed E-state index contributed by atoms with van der Waals surface area (Å²) < 4.78 is 10.9. The van der Waals surface area contributed by atoms with E-state index in [9.17, 15) is 25.0 Å². The number of methoxy groups -OCH3 is 1. The molecule has 0 radical (unpaired) electrons. The van der Waals surface area contributed by atoms with Crippen molar-refractivity contribution < 1.29 is 24.0 Å². The second-order valence-corrected chi connectivity index (χ2v) is 7.95. The number of nitrogens with zero attached hydrogens (tertiary/aromatic N) is 2. The lowest BCUT2D eigenvalue weighted by Gasteiger charge is -2.09. The quantitative estimate of drug-likeness (QED) is 0.136. The van der Waals surface area contributed by atoms with Crippen molar-refractivity contribution in [2.75, 3.05) is 12.4 Å². The molecule has 10 heteroatoms. The van der Waals surface area contributed by atoms with Gasteiger partial charge in [0.25, 0.3) is 11.6 Å². The minimum absolute atomic E-state index is 0.0210. The lowest BCUT2D eigenvalue weighted by molar-refractivity contribution is -0.384. The SMILES string of the molecule is COC(=O)c1ccc(NC(=O)/C(C#N)=C/c2ccc(OCc3cccc([N+](=O)[O-])c3)c(Br)c2)cc1. The average molecular weight is 536 g/mol. The Balaban J connectivity index is 1.68. The third-order valence-electron chi connectivity index (χ3n) is 4.71. The van der Waals surface area contributed by atoms with E-state index < -0.39 is 16.8 Å². The topological polar surface area (TPSA) is 132 Å². The number of anilines is 1. The van der Waals surface area contributed by atoms with E-state index in [0.717, 1.165) is 0 Å². The number of carbonyl (C=O) groups excluding carboxylic acids is 2. The highest BCUT2D eigenvalue weighted by Crippen LogP contribution is 2.28. The summed E-state index contributed by atoms with van der Waals surface area (Å²) >= 11 is 3.40. The van der Waals surface area contributed by atoms with Gasteiger partial charge in [0.15, 0.2) is 0 Å². The van der Waals surface area contributed by atoms with E-state index in [1.165, 1.54) is 49.6 Å². The van der Waals surface area contributed by atoms with Gasteiger partial charge in [-0.1, -0.05) is 18.2 Å². The van der Waals surface area contributed by atoms with Crippen molar-refractivity contribution in [2.24, 2.45) is 0 Å². The molecule has 0 aliphatic carbocycles. The Labute approximate surface area is 208 Å². The van der Waals surface area contributed by atoms with E-state index in [1.807, 2.05) is 6.07 Å². The maximum atomic E-state index is 12.5. The standard InChI is InChI=1S/C25H18BrN3O6/c1-34-25(31)18-6-8-20(9-7-18)28-24(30)19(14-27)11-16-5-10-23(22(26)13-16)35-15-17-3-2-4-21(12-17)29(32)33/h2-13H,15H2,1H3,(H,28,30)/b19-11+. The molecule has 0 atom stereocenters. The van der Waals surface area contributed by atoms with Gasteiger partial charge in [0.1, 0.15) is 24.0 Å². The van der Waals surface area contributed by atoms with Gasteiger partial charge in [0.2, 0.25) is 0 Å². The summed E-state index contributed by atoms with van der Waals surface area (Å²) in [7, 11) is 1.27. The Hall–Kier alpha value is -4.49. The third-order valence-corrected chi connectivity index (χ3v) is 5.33. The number of ether oxygens (including phenoxy) is 2. The van der Waals surface area contributed by atoms with Crippen molar-refractivity contribution in [3.05, 3.63) is 104 Å². The Kier molecular flexibility index (Phi) is 8.32. The number of nitro benzene ring substituents is 1. The van der Waals surface area contributed by atoms with Gasteiger partial charge in [0, 0.05) is 17.8 Å². The second kappa shape index (κ2) is 11.6. The molecular weight excluding hydrogens is 518 g/mol. The van der Waals surface area contributed by atoms with Crippen molar-refractivity contribution >= 4 is 45.3 Å². The molecule has 0 heterocycles. The molecule has 0 fully saturated rings. The Morgan fingerprint density at radius 3 is 2.51 bits per heavy atom. The maximum absolute atomic E-state index is 12.5. The van der Waals surface area contributed by atoms with Gasteiger partial charge in [-0.2, -0.15) is 5.26 Å². The van der Waals surface area contributed by atoms with Gasteiger partial charge in [-0.05, 0) is 69.5 Å². The number of nitriles is 1. The molecule has 0 aliphatic heterocycles. The minimum Gasteiger partial charge on any atom is -0.488 e. The molecule has 176 valence electrons. The lowest BCUT2D eigenvalue weighted by Crippen LogP contribution is -2.13. The van der Waals surface area contributed by atoms with Gasteiger partial charge in [0.05, 0.1) is 22.1 Å². The van der Waals surface area contributed by atoms with Crippen molar-refractivity contribution in [1.82, 2.24) is 0 Å². The first-order valence-corrected chi connectivity index (χ1v) is 10.9. The molecule has 0 saturated heterocycles. The van der Waals surface area contributed by atoms with Crippen molar-refractivity contribution in [3.8, 4) is 11.8 Å². The summed E-state index contributed by atoms with van der Waals surface area (Å²) in [6.07, 6.45) is 1.42. The highest BCUT2D eigenvalue weighted by molar-refractivity contribution is 9.10. The van der Waals surface area contributed by atoms with Crippen LogP contribution >= 0.6 is 15.9 Å². The smallest absolute Gasteiger partial charge is 0.337 e. The second-order valence-electron chi connectivity index (χ2n) is 7.10. The van der Waals surface area contributed by atoms with Crippen LogP contribution < -0.4 is 10.1 Å². The van der Waals surface area contributed by atoms with Crippen molar-refractivity contribution in [3.63, 3.8) is 0 Å². The number of nitrogens with one attached hydrogen (secondary N) is 1. The van der Waals surface area contributed by atoms with Gasteiger partial charge in [-0.3, -0.25) is 14.9 Å². The van der Waals surface area contributed by atoms with Crippen LogP contribution in [0.4, 0.5) is 11.4 Å². The van der Waals surface area contributed by atoms with Crippen LogP contribution in [0.1, 0.15) is 21.5 Å². The molecule has 1 amide bonds. The summed E-state index contributed by atoms with van der Waals surface area (Å²) in [4.78, 5) is 34.5. The average Bonchev–Trinajstić information content (AvgIpc) is 2.86. The minimum atomic E-state index is -0.611. The zero-order chi connectivity index (χ0) is 25.4. The maximum Gasteiger partial charge on any atom is 0.337 e. The molecule has 35 heavy (non-hydrogen) atoms. The predicted octanol–water partition coefficient (Wildman–Crippen LogP) is 5.27. The number of rotatable bonds is 8. The van der Waals surface area contributed by atoms with E-state index in [-0.39, 0.29) is 17.9 Å². The first kappa shape index (κ1) is 25.1. The fourth-order valence-electron chi connectivity index (χ4n) is 2.97. The van der Waals surface area contributed by atoms with Crippen LogP contribution in [-0.4, -0.2) is 23.9 Å².